The van der Waals surface area contributed by atoms with E-state index in [0.717, 1.165) is 25.5 Å². The maximum atomic E-state index is 11.6. The number of nitrogens with one attached hydrogen (secondary N) is 1. The molecule has 0 saturated heterocycles. The molecule has 1 fully saturated rings. The van der Waals surface area contributed by atoms with Crippen LogP contribution in [0.2, 0.25) is 0 Å². The summed E-state index contributed by atoms with van der Waals surface area (Å²) in [6.07, 6.45) is 4.05. The van der Waals surface area contributed by atoms with Gasteiger partial charge in [-0.05, 0) is 52.4 Å². The van der Waals surface area contributed by atoms with Crippen LogP contribution in [0.5, 0.6) is 0 Å². The molecule has 1 amide bonds. The van der Waals surface area contributed by atoms with Crippen LogP contribution in [0.1, 0.15) is 46.5 Å². The van der Waals surface area contributed by atoms with E-state index in [-0.39, 0.29) is 12.6 Å². The third kappa shape index (κ3) is 7.69. The molecule has 1 aliphatic carbocycles. The number of amides is 1. The van der Waals surface area contributed by atoms with Crippen LogP contribution in [0.25, 0.3) is 0 Å². The zero-order chi connectivity index (χ0) is 15.4. The Balaban J connectivity index is 2.25. The minimum absolute atomic E-state index is 0.105. The third-order valence-electron chi connectivity index (χ3n) is 3.09. The van der Waals surface area contributed by atoms with Gasteiger partial charge >= 0.3 is 6.09 Å². The zero-order valence-corrected chi connectivity index (χ0v) is 13.5. The molecule has 0 spiro atoms. The molecule has 1 N–H and O–H groups in total. The van der Waals surface area contributed by atoms with Gasteiger partial charge in [-0.25, -0.2) is 4.79 Å². The molecule has 0 radical (unpaired) electrons. The minimum Gasteiger partial charge on any atom is -0.444 e. The van der Waals surface area contributed by atoms with Crippen molar-refractivity contribution in [3.8, 4) is 0 Å². The maximum Gasteiger partial charge on any atom is 0.407 e. The summed E-state index contributed by atoms with van der Waals surface area (Å²) in [5, 5.41) is 2.85. The highest BCUT2D eigenvalue weighted by molar-refractivity contribution is 7.85. The van der Waals surface area contributed by atoms with Crippen molar-refractivity contribution < 1.29 is 22.1 Å². The topological polar surface area (TPSA) is 81.7 Å². The summed E-state index contributed by atoms with van der Waals surface area (Å²) >= 11 is 0. The number of carbonyl (C=O) groups is 1. The van der Waals surface area contributed by atoms with Gasteiger partial charge in [-0.3, -0.25) is 4.18 Å². The molecule has 0 bridgehead atoms. The molecule has 1 rings (SSSR count). The van der Waals surface area contributed by atoms with Crippen molar-refractivity contribution in [3.05, 3.63) is 0 Å². The summed E-state index contributed by atoms with van der Waals surface area (Å²) in [5.74, 6) is 0.386. The lowest BCUT2D eigenvalue weighted by molar-refractivity contribution is 0.0504. The second-order valence-electron chi connectivity index (χ2n) is 6.34. The molecule has 0 aromatic rings. The number of alkyl carbamates (subject to hydrolysis) is 1. The number of ether oxygens (including phenoxy) is 1. The van der Waals surface area contributed by atoms with Crippen LogP contribution in [0.15, 0.2) is 0 Å². The van der Waals surface area contributed by atoms with Gasteiger partial charge in [0.1, 0.15) is 5.60 Å². The molecule has 0 heterocycles. The maximum absolute atomic E-state index is 11.6. The highest BCUT2D eigenvalue weighted by atomic mass is 32.2. The predicted molar refractivity (Wildman–Crippen MR) is 75.9 cm³/mol. The first-order valence-corrected chi connectivity index (χ1v) is 8.71. The SMILES string of the molecule is CC(C)(C)OC(=O)N[C@@H]1CC[C@H](CCOS(C)(=O)=O)C1. The lowest BCUT2D eigenvalue weighted by Gasteiger charge is -2.21. The summed E-state index contributed by atoms with van der Waals surface area (Å²) < 4.78 is 31.6. The van der Waals surface area contributed by atoms with Crippen molar-refractivity contribution in [3.63, 3.8) is 0 Å². The molecule has 2 atom stereocenters. The van der Waals surface area contributed by atoms with E-state index in [1.807, 2.05) is 20.8 Å². The number of rotatable bonds is 5. The average molecular weight is 307 g/mol. The molecule has 7 heteroatoms. The van der Waals surface area contributed by atoms with Crippen molar-refractivity contribution in [2.24, 2.45) is 5.92 Å². The standard InChI is InChI=1S/C13H25NO5S/c1-13(2,3)19-12(15)14-11-6-5-10(9-11)7-8-18-20(4,16)17/h10-11H,5-9H2,1-4H3,(H,14,15)/t10-,11-/m1/s1. The van der Waals surface area contributed by atoms with Crippen LogP contribution in [0.3, 0.4) is 0 Å². The molecule has 20 heavy (non-hydrogen) atoms. The Labute approximate surface area is 121 Å². The van der Waals surface area contributed by atoms with E-state index in [4.69, 9.17) is 8.92 Å². The van der Waals surface area contributed by atoms with Gasteiger partial charge in [-0.2, -0.15) is 8.42 Å². The fourth-order valence-electron chi connectivity index (χ4n) is 2.31. The summed E-state index contributed by atoms with van der Waals surface area (Å²) in [6.45, 7) is 5.69. The normalized spacial score (nSPS) is 23.6. The highest BCUT2D eigenvalue weighted by Crippen LogP contribution is 2.28. The van der Waals surface area contributed by atoms with Crippen LogP contribution in [0.4, 0.5) is 4.79 Å². The van der Waals surface area contributed by atoms with Gasteiger partial charge in [0.2, 0.25) is 0 Å². The van der Waals surface area contributed by atoms with E-state index >= 15 is 0 Å². The first-order valence-electron chi connectivity index (χ1n) is 6.89. The predicted octanol–water partition coefficient (Wildman–Crippen LogP) is 2.05. The molecule has 0 aliphatic heterocycles. The smallest absolute Gasteiger partial charge is 0.407 e. The van der Waals surface area contributed by atoms with Crippen LogP contribution in [-0.2, 0) is 19.0 Å². The molecule has 6 nitrogen and oxygen atoms in total. The van der Waals surface area contributed by atoms with Crippen molar-refractivity contribution >= 4 is 16.2 Å². The summed E-state index contributed by atoms with van der Waals surface area (Å²) in [7, 11) is -3.36. The van der Waals surface area contributed by atoms with E-state index in [1.54, 1.807) is 0 Å². The largest absolute Gasteiger partial charge is 0.444 e. The van der Waals surface area contributed by atoms with Gasteiger partial charge in [-0.1, -0.05) is 0 Å². The highest BCUT2D eigenvalue weighted by Gasteiger charge is 2.27. The van der Waals surface area contributed by atoms with Gasteiger partial charge in [0, 0.05) is 6.04 Å². The second-order valence-corrected chi connectivity index (χ2v) is 7.98. The Bertz CT molecular complexity index is 427. The summed E-state index contributed by atoms with van der Waals surface area (Å²) in [5.41, 5.74) is -0.495. The van der Waals surface area contributed by atoms with E-state index in [0.29, 0.717) is 12.3 Å². The molecule has 118 valence electrons. The molecule has 0 unspecified atom stereocenters. The Morgan fingerprint density at radius 2 is 1.95 bits per heavy atom. The molecule has 0 aromatic heterocycles. The minimum atomic E-state index is -3.36. The Hall–Kier alpha value is -0.820. The van der Waals surface area contributed by atoms with E-state index in [1.165, 1.54) is 0 Å². The third-order valence-corrected chi connectivity index (χ3v) is 3.68. The fourth-order valence-corrected chi connectivity index (χ4v) is 2.71. The summed E-state index contributed by atoms with van der Waals surface area (Å²) in [6, 6.07) is 0.105. The first kappa shape index (κ1) is 17.2. The second kappa shape index (κ2) is 6.76. The molecule has 0 aromatic carbocycles. The van der Waals surface area contributed by atoms with Crippen molar-refractivity contribution in [1.82, 2.24) is 5.32 Å². The lowest BCUT2D eigenvalue weighted by Crippen LogP contribution is -2.37. The van der Waals surface area contributed by atoms with E-state index < -0.39 is 21.8 Å². The Morgan fingerprint density at radius 3 is 2.50 bits per heavy atom. The van der Waals surface area contributed by atoms with Crippen LogP contribution < -0.4 is 5.32 Å². The van der Waals surface area contributed by atoms with Gasteiger partial charge in [0.15, 0.2) is 0 Å². The van der Waals surface area contributed by atoms with Gasteiger partial charge in [-0.15, -0.1) is 0 Å². The van der Waals surface area contributed by atoms with Crippen LogP contribution in [0, 0.1) is 5.92 Å². The van der Waals surface area contributed by atoms with Gasteiger partial charge < -0.3 is 10.1 Å². The molecular formula is C13H25NO5S. The van der Waals surface area contributed by atoms with Crippen LogP contribution >= 0.6 is 0 Å². The number of hydrogen-bond acceptors (Lipinski definition) is 5. The van der Waals surface area contributed by atoms with Crippen molar-refractivity contribution in [2.45, 2.75) is 58.1 Å². The first-order chi connectivity index (χ1) is 9.05. The van der Waals surface area contributed by atoms with E-state index in [2.05, 4.69) is 5.32 Å². The number of carbonyl (C=O) groups excluding carboxylic acids is 1. The number of hydrogen-bond donors (Lipinski definition) is 1. The Morgan fingerprint density at radius 1 is 1.30 bits per heavy atom. The Kier molecular flexibility index (Phi) is 5.82. The fraction of sp³-hybridized carbons (Fsp3) is 0.923. The monoisotopic (exact) mass is 307 g/mol. The summed E-state index contributed by atoms with van der Waals surface area (Å²) in [4.78, 5) is 11.6. The van der Waals surface area contributed by atoms with Crippen LogP contribution in [-0.4, -0.2) is 39.0 Å². The van der Waals surface area contributed by atoms with Crippen molar-refractivity contribution in [2.75, 3.05) is 12.9 Å². The molecule has 1 aliphatic rings. The van der Waals surface area contributed by atoms with Gasteiger partial charge in [0.25, 0.3) is 10.1 Å². The average Bonchev–Trinajstić information content (AvgIpc) is 2.60. The van der Waals surface area contributed by atoms with Gasteiger partial charge in [0.05, 0.1) is 12.9 Å². The van der Waals surface area contributed by atoms with Crippen molar-refractivity contribution in [1.29, 1.82) is 0 Å². The zero-order valence-electron chi connectivity index (χ0n) is 12.6. The molecular weight excluding hydrogens is 282 g/mol. The quantitative estimate of drug-likeness (QED) is 0.786. The van der Waals surface area contributed by atoms with E-state index in [9.17, 15) is 13.2 Å². The molecule has 1 saturated carbocycles. The lowest BCUT2D eigenvalue weighted by atomic mass is 10.0.